The maximum atomic E-state index is 12.3. The summed E-state index contributed by atoms with van der Waals surface area (Å²) in [4.78, 5) is 12.0. The quantitative estimate of drug-likeness (QED) is 0.629. The molecule has 12 heteroatoms. The Morgan fingerprint density at radius 1 is 1.52 bits per heavy atom. The molecule has 0 spiro atoms. The van der Waals surface area contributed by atoms with Crippen LogP contribution in [0.25, 0.3) is 0 Å². The van der Waals surface area contributed by atoms with Gasteiger partial charge in [-0.2, -0.15) is 9.40 Å². The zero-order chi connectivity index (χ0) is 18.6. The number of aromatic amines is 1. The van der Waals surface area contributed by atoms with Crippen LogP contribution in [0.5, 0.6) is 0 Å². The molecular weight excluding hydrogens is 406 g/mol. The van der Waals surface area contributed by atoms with Gasteiger partial charge in [-0.25, -0.2) is 8.42 Å². The first kappa shape index (κ1) is 20.0. The van der Waals surface area contributed by atoms with Crippen molar-refractivity contribution in [2.24, 2.45) is 0 Å². The first-order valence-corrected chi connectivity index (χ1v) is 10.4. The Morgan fingerprint density at radius 3 is 2.84 bits per heavy atom. The van der Waals surface area contributed by atoms with Crippen LogP contribution in [0.4, 0.5) is 0 Å². The molecule has 25 heavy (non-hydrogen) atoms. The van der Waals surface area contributed by atoms with Gasteiger partial charge in [0.1, 0.15) is 10.0 Å². The lowest BCUT2D eigenvalue weighted by molar-refractivity contribution is -0.121. The highest BCUT2D eigenvalue weighted by atomic mass is 35.5. The molecule has 0 aliphatic carbocycles. The van der Waals surface area contributed by atoms with Crippen molar-refractivity contribution in [3.8, 4) is 0 Å². The van der Waals surface area contributed by atoms with Gasteiger partial charge in [-0.3, -0.25) is 9.89 Å². The first-order valence-electron chi connectivity index (χ1n) is 7.38. The molecule has 0 aromatic carbocycles. The summed E-state index contributed by atoms with van der Waals surface area (Å²) in [7, 11) is -2.37. The number of carbonyl (C=O) groups excluding carboxylic acids is 1. The highest BCUT2D eigenvalue weighted by Gasteiger charge is 2.24. The van der Waals surface area contributed by atoms with E-state index < -0.39 is 15.9 Å². The fourth-order valence-corrected chi connectivity index (χ4v) is 5.21. The molecule has 0 unspecified atom stereocenters. The average Bonchev–Trinajstić information content (AvgIpc) is 3.13. The minimum atomic E-state index is -3.73. The Morgan fingerprint density at radius 2 is 2.24 bits per heavy atom. The van der Waals surface area contributed by atoms with Gasteiger partial charge in [0.25, 0.3) is 10.0 Å². The van der Waals surface area contributed by atoms with Crippen molar-refractivity contribution in [3.63, 3.8) is 0 Å². The Hall–Kier alpha value is -1.27. The number of sulfonamides is 1. The fraction of sp³-hybridized carbons (Fsp3) is 0.462. The molecule has 2 N–H and O–H groups in total. The highest BCUT2D eigenvalue weighted by molar-refractivity contribution is 7.91. The standard InChI is InChI=1S/C13H18ClN5O3S3/c1-3-19-10(16-17-13(19)23)6-7-15-11(20)8-18(2)25(21,22)12-5-4-9(14)24-12/h4-5H,3,6-8H2,1-2H3,(H,15,20)(H,17,23). The summed E-state index contributed by atoms with van der Waals surface area (Å²) in [5, 5.41) is 9.49. The van der Waals surface area contributed by atoms with E-state index in [1.807, 2.05) is 11.5 Å². The lowest BCUT2D eigenvalue weighted by Gasteiger charge is -2.15. The molecule has 0 saturated carbocycles. The van der Waals surface area contributed by atoms with Gasteiger partial charge < -0.3 is 9.88 Å². The molecule has 2 rings (SSSR count). The Balaban J connectivity index is 1.88. The predicted molar refractivity (Wildman–Crippen MR) is 98.9 cm³/mol. The lowest BCUT2D eigenvalue weighted by atomic mass is 10.4. The maximum absolute atomic E-state index is 12.3. The third-order valence-electron chi connectivity index (χ3n) is 3.40. The summed E-state index contributed by atoms with van der Waals surface area (Å²) in [6, 6.07) is 2.93. The van der Waals surface area contributed by atoms with Gasteiger partial charge >= 0.3 is 0 Å². The van der Waals surface area contributed by atoms with Crippen LogP contribution in [0.15, 0.2) is 16.3 Å². The molecular formula is C13H18ClN5O3S3. The topological polar surface area (TPSA) is 100 Å². The van der Waals surface area contributed by atoms with E-state index in [2.05, 4.69) is 15.5 Å². The Labute approximate surface area is 159 Å². The van der Waals surface area contributed by atoms with Gasteiger partial charge in [0.05, 0.1) is 10.9 Å². The van der Waals surface area contributed by atoms with Crippen LogP contribution in [0.3, 0.4) is 0 Å². The summed E-state index contributed by atoms with van der Waals surface area (Å²) in [5.41, 5.74) is 0. The zero-order valence-electron chi connectivity index (χ0n) is 13.7. The van der Waals surface area contributed by atoms with E-state index in [4.69, 9.17) is 23.8 Å². The predicted octanol–water partition coefficient (Wildman–Crippen LogP) is 1.65. The monoisotopic (exact) mass is 423 g/mol. The van der Waals surface area contributed by atoms with Crippen molar-refractivity contribution in [2.75, 3.05) is 20.1 Å². The maximum Gasteiger partial charge on any atom is 0.252 e. The summed E-state index contributed by atoms with van der Waals surface area (Å²) < 4.78 is 28.5. The minimum Gasteiger partial charge on any atom is -0.355 e. The van der Waals surface area contributed by atoms with Gasteiger partial charge in [-0.15, -0.1) is 11.3 Å². The Kier molecular flexibility index (Phi) is 6.74. The van der Waals surface area contributed by atoms with Gasteiger partial charge in [-0.1, -0.05) is 11.6 Å². The van der Waals surface area contributed by atoms with Crippen molar-refractivity contribution in [1.82, 2.24) is 24.4 Å². The molecule has 0 bridgehead atoms. The number of nitrogens with zero attached hydrogens (tertiary/aromatic N) is 3. The van der Waals surface area contributed by atoms with E-state index in [0.29, 0.717) is 28.6 Å². The van der Waals surface area contributed by atoms with Crippen molar-refractivity contribution >= 4 is 51.1 Å². The molecule has 0 aliphatic heterocycles. The lowest BCUT2D eigenvalue weighted by Crippen LogP contribution is -2.38. The van der Waals surface area contributed by atoms with Crippen molar-refractivity contribution < 1.29 is 13.2 Å². The summed E-state index contributed by atoms with van der Waals surface area (Å²) in [6.07, 6.45) is 0.490. The smallest absolute Gasteiger partial charge is 0.252 e. The molecule has 8 nitrogen and oxygen atoms in total. The summed E-state index contributed by atoms with van der Waals surface area (Å²) in [5.74, 6) is 0.341. The van der Waals surface area contributed by atoms with Crippen LogP contribution in [0.2, 0.25) is 4.34 Å². The number of amides is 1. The van der Waals surface area contributed by atoms with E-state index in [0.717, 1.165) is 21.5 Å². The second kappa shape index (κ2) is 8.41. The number of carbonyl (C=O) groups is 1. The number of thiophene rings is 1. The molecule has 2 heterocycles. The number of hydrogen-bond acceptors (Lipinski definition) is 6. The molecule has 0 saturated heterocycles. The van der Waals surface area contributed by atoms with E-state index in [1.165, 1.54) is 19.2 Å². The molecule has 2 aromatic heterocycles. The SMILES string of the molecule is CCn1c(CCNC(=O)CN(C)S(=O)(=O)c2ccc(Cl)s2)n[nH]c1=S. The van der Waals surface area contributed by atoms with Crippen LogP contribution in [-0.4, -0.2) is 53.5 Å². The normalized spacial score (nSPS) is 11.8. The second-order valence-corrected chi connectivity index (χ2v) is 9.48. The third-order valence-corrected chi connectivity index (χ3v) is 7.22. The average molecular weight is 424 g/mol. The molecule has 0 radical (unpaired) electrons. The van der Waals surface area contributed by atoms with Crippen molar-refractivity contribution in [1.29, 1.82) is 0 Å². The highest BCUT2D eigenvalue weighted by Crippen LogP contribution is 2.27. The van der Waals surface area contributed by atoms with Gasteiger partial charge in [0.15, 0.2) is 4.77 Å². The molecule has 0 atom stereocenters. The minimum absolute atomic E-state index is 0.103. The number of nitrogens with one attached hydrogen (secondary N) is 2. The number of rotatable bonds is 8. The fourth-order valence-electron chi connectivity index (χ4n) is 2.11. The molecule has 0 fully saturated rings. The summed E-state index contributed by atoms with van der Waals surface area (Å²) in [6.45, 7) is 2.68. The van der Waals surface area contributed by atoms with Crippen molar-refractivity contribution in [3.05, 3.63) is 27.1 Å². The number of H-pyrrole nitrogens is 1. The van der Waals surface area contributed by atoms with Crippen LogP contribution in [0, 0.1) is 4.77 Å². The van der Waals surface area contributed by atoms with E-state index >= 15 is 0 Å². The van der Waals surface area contributed by atoms with E-state index in [-0.39, 0.29) is 10.8 Å². The molecule has 0 aliphatic rings. The van der Waals surface area contributed by atoms with Crippen molar-refractivity contribution in [2.45, 2.75) is 24.1 Å². The number of hydrogen-bond donors (Lipinski definition) is 2. The van der Waals surface area contributed by atoms with Gasteiger partial charge in [0.2, 0.25) is 5.91 Å². The van der Waals surface area contributed by atoms with Gasteiger partial charge in [0, 0.05) is 26.6 Å². The first-order chi connectivity index (χ1) is 11.8. The van der Waals surface area contributed by atoms with E-state index in [9.17, 15) is 13.2 Å². The molecule has 1 amide bonds. The summed E-state index contributed by atoms with van der Waals surface area (Å²) >= 11 is 11.8. The number of likely N-dealkylation sites (N-methyl/N-ethyl adjacent to an activating group) is 1. The molecule has 2 aromatic rings. The number of halogens is 1. The Bertz CT molecular complexity index is 902. The van der Waals surface area contributed by atoms with E-state index in [1.54, 1.807) is 0 Å². The molecule has 138 valence electrons. The number of aromatic nitrogens is 3. The van der Waals surface area contributed by atoms with Crippen LogP contribution < -0.4 is 5.32 Å². The largest absolute Gasteiger partial charge is 0.355 e. The second-order valence-electron chi connectivity index (χ2n) is 5.11. The van der Waals surface area contributed by atoms with Gasteiger partial charge in [-0.05, 0) is 31.3 Å². The van der Waals surface area contributed by atoms with Crippen LogP contribution in [-0.2, 0) is 27.8 Å². The zero-order valence-corrected chi connectivity index (χ0v) is 16.9. The van der Waals surface area contributed by atoms with Crippen LogP contribution >= 0.6 is 35.2 Å². The third kappa shape index (κ3) is 4.88. The van der Waals surface area contributed by atoms with Crippen LogP contribution in [0.1, 0.15) is 12.7 Å².